The van der Waals surface area contributed by atoms with Crippen molar-refractivity contribution < 1.29 is 4.79 Å². The number of halogens is 1. The highest BCUT2D eigenvalue weighted by Gasteiger charge is 2.31. The number of anilines is 1. The molecule has 3 nitrogen and oxygen atoms in total. The molecule has 1 N–H and O–H groups in total. The predicted molar refractivity (Wildman–Crippen MR) is 148 cm³/mol. The zero-order valence-corrected chi connectivity index (χ0v) is 22.5. The smallest absolute Gasteiger partial charge is 0.221 e. The Labute approximate surface area is 212 Å². The molecule has 0 bridgehead atoms. The minimum absolute atomic E-state index is 0.0907. The van der Waals surface area contributed by atoms with Crippen LogP contribution in [0.3, 0.4) is 0 Å². The normalized spacial score (nSPS) is 18.9. The van der Waals surface area contributed by atoms with Crippen molar-refractivity contribution >= 4 is 28.9 Å². The van der Waals surface area contributed by atoms with E-state index in [4.69, 9.17) is 11.6 Å². The highest BCUT2D eigenvalue weighted by molar-refractivity contribution is 6.32. The van der Waals surface area contributed by atoms with Crippen molar-refractivity contribution in [1.82, 2.24) is 4.90 Å². The third-order valence-corrected chi connectivity index (χ3v) is 7.08. The van der Waals surface area contributed by atoms with Crippen LogP contribution in [0.2, 0.25) is 5.02 Å². The fourth-order valence-corrected chi connectivity index (χ4v) is 5.27. The fourth-order valence-electron chi connectivity index (χ4n) is 4.98. The number of carbonyl (C=O) groups excluding carboxylic acids is 1. The summed E-state index contributed by atoms with van der Waals surface area (Å²) in [7, 11) is 0. The van der Waals surface area contributed by atoms with Crippen LogP contribution in [-0.4, -0.2) is 23.9 Å². The van der Waals surface area contributed by atoms with Gasteiger partial charge in [0.05, 0.1) is 5.02 Å². The molecule has 2 aromatic rings. The highest BCUT2D eigenvalue weighted by atomic mass is 35.5. The molecule has 34 heavy (non-hydrogen) atoms. The molecule has 2 fully saturated rings. The Bertz CT molecular complexity index is 939. The van der Waals surface area contributed by atoms with E-state index in [-0.39, 0.29) is 5.91 Å². The first kappa shape index (κ1) is 28.0. The van der Waals surface area contributed by atoms with Crippen molar-refractivity contribution in [1.29, 1.82) is 0 Å². The third kappa shape index (κ3) is 8.20. The van der Waals surface area contributed by atoms with Crippen LogP contribution in [0, 0.1) is 18.8 Å². The van der Waals surface area contributed by atoms with Crippen LogP contribution < -0.4 is 5.32 Å². The van der Waals surface area contributed by atoms with Crippen molar-refractivity contribution in [2.45, 2.75) is 73.1 Å². The lowest BCUT2D eigenvalue weighted by Gasteiger charge is -2.43. The molecule has 0 aromatic heterocycles. The molecule has 1 aliphatic carbocycles. The number of nitrogens with zero attached hydrogens (tertiary/aromatic N) is 1. The average Bonchev–Trinajstić information content (AvgIpc) is 2.84. The molecule has 1 aliphatic heterocycles. The summed E-state index contributed by atoms with van der Waals surface area (Å²) in [4.78, 5) is 13.5. The van der Waals surface area contributed by atoms with Gasteiger partial charge in [-0.1, -0.05) is 88.0 Å². The van der Waals surface area contributed by atoms with Crippen molar-refractivity contribution in [3.8, 4) is 0 Å². The first-order valence-electron chi connectivity index (χ1n) is 12.9. The van der Waals surface area contributed by atoms with E-state index in [9.17, 15) is 4.79 Å². The van der Waals surface area contributed by atoms with Gasteiger partial charge in [0.25, 0.3) is 0 Å². The minimum atomic E-state index is -0.0907. The lowest BCUT2D eigenvalue weighted by molar-refractivity contribution is -0.114. The molecule has 1 saturated carbocycles. The zero-order valence-electron chi connectivity index (χ0n) is 21.8. The average molecular weight is 483 g/mol. The van der Waals surface area contributed by atoms with Crippen LogP contribution in [0.4, 0.5) is 5.69 Å². The zero-order chi connectivity index (χ0) is 25.1. The number of hydrogen-bond donors (Lipinski definition) is 1. The van der Waals surface area contributed by atoms with Crippen LogP contribution in [0.1, 0.15) is 76.5 Å². The van der Waals surface area contributed by atoms with Crippen molar-refractivity contribution in [2.75, 3.05) is 18.4 Å². The highest BCUT2D eigenvalue weighted by Crippen LogP contribution is 2.39. The van der Waals surface area contributed by atoms with Crippen molar-refractivity contribution in [3.05, 3.63) is 70.8 Å². The molecule has 4 heteroatoms. The number of aryl methyl sites for hydroxylation is 2. The molecule has 2 atom stereocenters. The number of carbonyl (C=O) groups is 1. The minimum Gasteiger partial charge on any atom is -0.371 e. The molecule has 1 amide bonds. The molecule has 2 unspecified atom stereocenters. The quantitative estimate of drug-likeness (QED) is 0.474. The summed E-state index contributed by atoms with van der Waals surface area (Å²) in [5.74, 6) is 1.63. The van der Waals surface area contributed by atoms with Gasteiger partial charge in [0, 0.05) is 37.0 Å². The van der Waals surface area contributed by atoms with E-state index in [2.05, 4.69) is 54.9 Å². The first-order valence-corrected chi connectivity index (χ1v) is 13.3. The molecular formula is C30H43ClN2O. The second-order valence-corrected chi connectivity index (χ2v) is 9.61. The number of piperidine rings is 1. The van der Waals surface area contributed by atoms with E-state index in [1.54, 1.807) is 6.07 Å². The maximum absolute atomic E-state index is 11.1. The van der Waals surface area contributed by atoms with E-state index < -0.39 is 0 Å². The van der Waals surface area contributed by atoms with E-state index in [0.29, 0.717) is 5.02 Å². The van der Waals surface area contributed by atoms with E-state index >= 15 is 0 Å². The summed E-state index contributed by atoms with van der Waals surface area (Å²) in [6.45, 7) is 16.3. The van der Waals surface area contributed by atoms with Crippen LogP contribution in [0.15, 0.2) is 49.0 Å². The standard InChI is InChI=1S/C19H25ClN2O.C9H12.C2H6/c1-13(18-8-7-17(11-19(18)20)21-14(2)23)22-10-9-15-5-3-4-6-16(15)12-22;1-3-9-6-4-5-8(2)7-9;1-2/h7-8,11,15-16H,1,3-6,9-10,12H2,2H3,(H,21,23);4-7H,3H2,1-2H3;1-2H3. The van der Waals surface area contributed by atoms with E-state index in [0.717, 1.165) is 48.3 Å². The van der Waals surface area contributed by atoms with E-state index in [1.807, 2.05) is 26.0 Å². The Morgan fingerprint density at radius 2 is 1.79 bits per heavy atom. The Kier molecular flexibility index (Phi) is 11.7. The van der Waals surface area contributed by atoms with Gasteiger partial charge in [-0.05, 0) is 61.8 Å². The molecule has 1 saturated heterocycles. The summed E-state index contributed by atoms with van der Waals surface area (Å²) in [5.41, 5.74) is 5.48. The molecule has 1 heterocycles. The monoisotopic (exact) mass is 482 g/mol. The molecule has 4 rings (SSSR count). The maximum Gasteiger partial charge on any atom is 0.221 e. The number of benzene rings is 2. The molecule has 0 radical (unpaired) electrons. The summed E-state index contributed by atoms with van der Waals surface area (Å²) in [6, 6.07) is 14.3. The molecule has 0 spiro atoms. The van der Waals surface area contributed by atoms with Gasteiger partial charge in [0.2, 0.25) is 5.91 Å². The number of rotatable bonds is 4. The van der Waals surface area contributed by atoms with Crippen LogP contribution in [0.5, 0.6) is 0 Å². The lowest BCUT2D eigenvalue weighted by atomic mass is 9.75. The van der Waals surface area contributed by atoms with Gasteiger partial charge in [-0.25, -0.2) is 0 Å². The first-order chi connectivity index (χ1) is 16.4. The van der Waals surface area contributed by atoms with Gasteiger partial charge in [0.15, 0.2) is 0 Å². The maximum atomic E-state index is 11.1. The number of fused-ring (bicyclic) bond motifs is 1. The van der Waals surface area contributed by atoms with Gasteiger partial charge in [0.1, 0.15) is 0 Å². The SMILES string of the molecule is C=C(c1ccc(NC(C)=O)cc1Cl)N1CCC2CCCCC2C1.CC.CCc1cccc(C)c1. The van der Waals surface area contributed by atoms with Gasteiger partial charge in [-0.3, -0.25) is 4.79 Å². The Morgan fingerprint density at radius 3 is 2.38 bits per heavy atom. The van der Waals surface area contributed by atoms with Crippen LogP contribution in [0.25, 0.3) is 5.70 Å². The van der Waals surface area contributed by atoms with Gasteiger partial charge >= 0.3 is 0 Å². The number of hydrogen-bond acceptors (Lipinski definition) is 2. The Morgan fingerprint density at radius 1 is 1.09 bits per heavy atom. The number of likely N-dealkylation sites (tertiary alicyclic amines) is 1. The van der Waals surface area contributed by atoms with E-state index in [1.165, 1.54) is 50.2 Å². The van der Waals surface area contributed by atoms with Gasteiger partial charge in [-0.15, -0.1) is 0 Å². The van der Waals surface area contributed by atoms with Gasteiger partial charge < -0.3 is 10.2 Å². The Hall–Kier alpha value is -2.26. The van der Waals surface area contributed by atoms with Crippen molar-refractivity contribution in [2.24, 2.45) is 11.8 Å². The molecular weight excluding hydrogens is 440 g/mol. The predicted octanol–water partition coefficient (Wildman–Crippen LogP) is 8.36. The number of amides is 1. The van der Waals surface area contributed by atoms with Crippen LogP contribution in [-0.2, 0) is 11.2 Å². The second kappa shape index (κ2) is 14.2. The Balaban J connectivity index is 0.000000311. The largest absolute Gasteiger partial charge is 0.371 e. The lowest BCUT2D eigenvalue weighted by Crippen LogP contribution is -2.40. The summed E-state index contributed by atoms with van der Waals surface area (Å²) >= 11 is 6.43. The molecule has 186 valence electrons. The summed E-state index contributed by atoms with van der Waals surface area (Å²) in [6.07, 6.45) is 7.93. The van der Waals surface area contributed by atoms with Crippen LogP contribution >= 0.6 is 11.6 Å². The fraction of sp³-hybridized carbons (Fsp3) is 0.500. The second-order valence-electron chi connectivity index (χ2n) is 9.20. The topological polar surface area (TPSA) is 32.3 Å². The molecule has 2 aromatic carbocycles. The molecule has 2 aliphatic rings. The number of nitrogens with one attached hydrogen (secondary N) is 1. The van der Waals surface area contributed by atoms with Crippen molar-refractivity contribution in [3.63, 3.8) is 0 Å². The summed E-state index contributed by atoms with van der Waals surface area (Å²) in [5, 5.41) is 3.41. The van der Waals surface area contributed by atoms with Gasteiger partial charge in [-0.2, -0.15) is 0 Å². The third-order valence-electron chi connectivity index (χ3n) is 6.76. The summed E-state index contributed by atoms with van der Waals surface area (Å²) < 4.78 is 0.